The predicted molar refractivity (Wildman–Crippen MR) is 65.2 cm³/mol. The van der Waals surface area contributed by atoms with Crippen molar-refractivity contribution in [3.8, 4) is 0 Å². The number of halogens is 1. The van der Waals surface area contributed by atoms with Crippen LogP contribution in [0.2, 0.25) is 0 Å². The molecular weight excluding hydrogens is 228 g/mol. The topological polar surface area (TPSA) is 68.3 Å². The van der Waals surface area contributed by atoms with Crippen molar-refractivity contribution in [2.24, 2.45) is 11.7 Å². The lowest BCUT2D eigenvalue weighted by Gasteiger charge is -2.13. The molecule has 0 radical (unpaired) electrons. The largest absolute Gasteiger partial charge is 0.467 e. The Balaban J connectivity index is 0.00000225. The van der Waals surface area contributed by atoms with E-state index in [0.717, 1.165) is 5.76 Å². The molecule has 0 saturated heterocycles. The highest BCUT2D eigenvalue weighted by molar-refractivity contribution is 5.85. The summed E-state index contributed by atoms with van der Waals surface area (Å²) in [6.45, 7) is 4.48. The number of hydrogen-bond acceptors (Lipinski definition) is 3. The smallest absolute Gasteiger partial charge is 0.237 e. The maximum absolute atomic E-state index is 11.5. The number of nitrogens with two attached hydrogens (primary N) is 1. The summed E-state index contributed by atoms with van der Waals surface area (Å²) < 4.78 is 5.09. The Morgan fingerprint density at radius 1 is 1.56 bits per heavy atom. The average Bonchev–Trinajstić information content (AvgIpc) is 2.65. The zero-order chi connectivity index (χ0) is 11.3. The van der Waals surface area contributed by atoms with Crippen molar-refractivity contribution in [1.29, 1.82) is 0 Å². The summed E-state index contributed by atoms with van der Waals surface area (Å²) in [5, 5.41) is 2.73. The number of hydrogen-bond donors (Lipinski definition) is 2. The van der Waals surface area contributed by atoms with Crippen molar-refractivity contribution in [1.82, 2.24) is 5.32 Å². The first kappa shape index (κ1) is 15.0. The molecule has 1 amide bonds. The molecule has 1 rings (SSSR count). The minimum absolute atomic E-state index is 0. The lowest BCUT2D eigenvalue weighted by molar-refractivity contribution is -0.122. The zero-order valence-electron chi connectivity index (χ0n) is 9.60. The van der Waals surface area contributed by atoms with Gasteiger partial charge in [-0.1, -0.05) is 13.8 Å². The molecule has 4 nitrogen and oxygen atoms in total. The molecule has 3 N–H and O–H groups in total. The Labute approximate surface area is 102 Å². The summed E-state index contributed by atoms with van der Waals surface area (Å²) in [6, 6.07) is 3.17. The number of carbonyl (C=O) groups excluding carboxylic acids is 1. The van der Waals surface area contributed by atoms with Gasteiger partial charge in [0, 0.05) is 0 Å². The summed E-state index contributed by atoms with van der Waals surface area (Å²) in [5.74, 6) is 1.04. The SMILES string of the molecule is CC(C)C[C@H](N)C(=O)NCc1ccco1.Cl. The van der Waals surface area contributed by atoms with Gasteiger partial charge >= 0.3 is 0 Å². The first-order valence-electron chi connectivity index (χ1n) is 5.15. The van der Waals surface area contributed by atoms with Gasteiger partial charge in [0.2, 0.25) is 5.91 Å². The third-order valence-corrected chi connectivity index (χ3v) is 2.08. The highest BCUT2D eigenvalue weighted by atomic mass is 35.5. The van der Waals surface area contributed by atoms with Crippen molar-refractivity contribution in [3.63, 3.8) is 0 Å². The van der Waals surface area contributed by atoms with Crippen LogP contribution in [0.4, 0.5) is 0 Å². The van der Waals surface area contributed by atoms with E-state index in [2.05, 4.69) is 5.32 Å². The van der Waals surface area contributed by atoms with Gasteiger partial charge in [-0.25, -0.2) is 0 Å². The summed E-state index contributed by atoms with van der Waals surface area (Å²) in [6.07, 6.45) is 2.28. The predicted octanol–water partition coefficient (Wildman–Crippen LogP) is 1.69. The van der Waals surface area contributed by atoms with Gasteiger partial charge in [-0.05, 0) is 24.5 Å². The standard InChI is InChI=1S/C11H18N2O2.ClH/c1-8(2)6-10(12)11(14)13-7-9-4-3-5-15-9;/h3-5,8,10H,6-7,12H2,1-2H3,(H,13,14);1H/t10-;/m0./s1. The minimum atomic E-state index is -0.431. The highest BCUT2D eigenvalue weighted by Gasteiger charge is 2.14. The van der Waals surface area contributed by atoms with Gasteiger partial charge in [0.1, 0.15) is 5.76 Å². The minimum Gasteiger partial charge on any atom is -0.467 e. The van der Waals surface area contributed by atoms with E-state index in [-0.39, 0.29) is 18.3 Å². The second-order valence-electron chi connectivity index (χ2n) is 4.03. The van der Waals surface area contributed by atoms with Crippen molar-refractivity contribution in [2.45, 2.75) is 32.9 Å². The molecule has 0 spiro atoms. The number of rotatable bonds is 5. The normalized spacial score (nSPS) is 12.0. The molecule has 0 aliphatic carbocycles. The van der Waals surface area contributed by atoms with E-state index < -0.39 is 6.04 Å². The van der Waals surface area contributed by atoms with Gasteiger partial charge in [-0.2, -0.15) is 0 Å². The first-order chi connectivity index (χ1) is 7.09. The summed E-state index contributed by atoms with van der Waals surface area (Å²) in [7, 11) is 0. The molecule has 16 heavy (non-hydrogen) atoms. The summed E-state index contributed by atoms with van der Waals surface area (Å²) in [4.78, 5) is 11.5. The zero-order valence-corrected chi connectivity index (χ0v) is 10.4. The quantitative estimate of drug-likeness (QED) is 0.831. The summed E-state index contributed by atoms with van der Waals surface area (Å²) in [5.41, 5.74) is 5.71. The number of carbonyl (C=O) groups is 1. The van der Waals surface area contributed by atoms with Gasteiger partial charge < -0.3 is 15.5 Å². The van der Waals surface area contributed by atoms with Crippen LogP contribution in [-0.4, -0.2) is 11.9 Å². The molecule has 0 aliphatic heterocycles. The van der Waals surface area contributed by atoms with Crippen LogP contribution in [0.1, 0.15) is 26.0 Å². The Bertz CT molecular complexity index is 299. The van der Waals surface area contributed by atoms with Gasteiger partial charge in [-0.15, -0.1) is 12.4 Å². The second-order valence-corrected chi connectivity index (χ2v) is 4.03. The fourth-order valence-corrected chi connectivity index (χ4v) is 1.33. The van der Waals surface area contributed by atoms with E-state index in [9.17, 15) is 4.79 Å². The first-order valence-corrected chi connectivity index (χ1v) is 5.15. The molecule has 92 valence electrons. The molecule has 1 aromatic rings. The Morgan fingerprint density at radius 3 is 2.75 bits per heavy atom. The van der Waals surface area contributed by atoms with Crippen molar-refractivity contribution < 1.29 is 9.21 Å². The van der Waals surface area contributed by atoms with E-state index in [1.165, 1.54) is 0 Å². The van der Waals surface area contributed by atoms with Crippen LogP contribution in [0.15, 0.2) is 22.8 Å². The van der Waals surface area contributed by atoms with Crippen LogP contribution in [0.3, 0.4) is 0 Å². The molecule has 1 heterocycles. The molecule has 0 unspecified atom stereocenters. The molecule has 0 saturated carbocycles. The number of amides is 1. The molecular formula is C11H19ClN2O2. The van der Waals surface area contributed by atoms with E-state index in [0.29, 0.717) is 18.9 Å². The van der Waals surface area contributed by atoms with Gasteiger partial charge in [0.25, 0.3) is 0 Å². The van der Waals surface area contributed by atoms with Gasteiger partial charge in [0.05, 0.1) is 18.8 Å². The highest BCUT2D eigenvalue weighted by Crippen LogP contribution is 2.03. The van der Waals surface area contributed by atoms with E-state index in [1.807, 2.05) is 19.9 Å². The molecule has 0 fully saturated rings. The number of nitrogens with one attached hydrogen (secondary N) is 1. The fourth-order valence-electron chi connectivity index (χ4n) is 1.33. The molecule has 0 aliphatic rings. The maximum atomic E-state index is 11.5. The lowest BCUT2D eigenvalue weighted by atomic mass is 10.0. The molecule has 0 aromatic carbocycles. The third-order valence-electron chi connectivity index (χ3n) is 2.08. The Hall–Kier alpha value is -1.00. The van der Waals surface area contributed by atoms with Gasteiger partial charge in [-0.3, -0.25) is 4.79 Å². The van der Waals surface area contributed by atoms with E-state index >= 15 is 0 Å². The van der Waals surface area contributed by atoms with Crippen LogP contribution in [0, 0.1) is 5.92 Å². The Kier molecular flexibility index (Phi) is 6.85. The van der Waals surface area contributed by atoms with Crippen molar-refractivity contribution in [2.75, 3.05) is 0 Å². The molecule has 1 atom stereocenters. The summed E-state index contributed by atoms with van der Waals surface area (Å²) >= 11 is 0. The fraction of sp³-hybridized carbons (Fsp3) is 0.545. The number of furan rings is 1. The second kappa shape index (κ2) is 7.30. The Morgan fingerprint density at radius 2 is 2.25 bits per heavy atom. The van der Waals surface area contributed by atoms with Gasteiger partial charge in [0.15, 0.2) is 0 Å². The van der Waals surface area contributed by atoms with Crippen molar-refractivity contribution in [3.05, 3.63) is 24.2 Å². The van der Waals surface area contributed by atoms with Crippen LogP contribution >= 0.6 is 12.4 Å². The molecule has 1 aromatic heterocycles. The van der Waals surface area contributed by atoms with Crippen LogP contribution in [0.25, 0.3) is 0 Å². The van der Waals surface area contributed by atoms with Crippen molar-refractivity contribution >= 4 is 18.3 Å². The maximum Gasteiger partial charge on any atom is 0.237 e. The average molecular weight is 247 g/mol. The van der Waals surface area contributed by atoms with Crippen LogP contribution < -0.4 is 11.1 Å². The van der Waals surface area contributed by atoms with Crippen LogP contribution in [0.5, 0.6) is 0 Å². The van der Waals surface area contributed by atoms with Crippen LogP contribution in [-0.2, 0) is 11.3 Å². The van der Waals surface area contributed by atoms with E-state index in [4.69, 9.17) is 10.2 Å². The monoisotopic (exact) mass is 246 g/mol. The third kappa shape index (κ3) is 5.19. The molecule has 0 bridgehead atoms. The lowest BCUT2D eigenvalue weighted by Crippen LogP contribution is -2.40. The molecule has 5 heteroatoms. The van der Waals surface area contributed by atoms with E-state index in [1.54, 1.807) is 12.3 Å².